The number of hydrogen-bond donors (Lipinski definition) is 2. The average Bonchev–Trinajstić information content (AvgIpc) is 2.54. The van der Waals surface area contributed by atoms with E-state index in [2.05, 4.69) is 123 Å². The lowest BCUT2D eigenvalue weighted by Gasteiger charge is -2.64. The summed E-state index contributed by atoms with van der Waals surface area (Å²) in [6, 6.07) is 17.4. The van der Waals surface area contributed by atoms with Crippen LogP contribution < -0.4 is 10.2 Å². The summed E-state index contributed by atoms with van der Waals surface area (Å²) in [4.78, 5) is 0. The molecule has 0 amide bonds. The summed E-state index contributed by atoms with van der Waals surface area (Å²) in [7, 11) is -1.29. The molecule has 1 fully saturated rings. The lowest BCUT2D eigenvalue weighted by Crippen LogP contribution is -2.55. The predicted molar refractivity (Wildman–Crippen MR) is 127 cm³/mol. The molecule has 3 rings (SSSR count). The zero-order valence-electron chi connectivity index (χ0n) is 18.4. The highest BCUT2D eigenvalue weighted by Gasteiger charge is 2.57. The Labute approximate surface area is 173 Å². The van der Waals surface area contributed by atoms with Crippen molar-refractivity contribution in [1.29, 1.82) is 0 Å². The first kappa shape index (κ1) is 21.5. The number of nitrogens with one attached hydrogen (secondary N) is 2. The van der Waals surface area contributed by atoms with E-state index >= 15 is 0 Å². The molecule has 1 saturated heterocycles. The Morgan fingerprint density at radius 3 is 1.11 bits per heavy atom. The lowest BCUT2D eigenvalue weighted by molar-refractivity contribution is 0.286. The van der Waals surface area contributed by atoms with Crippen molar-refractivity contribution in [2.75, 3.05) is 10.2 Å². The fourth-order valence-corrected chi connectivity index (χ4v) is 9.10. The molecule has 0 aromatic heterocycles. The third kappa shape index (κ3) is 4.69. The lowest BCUT2D eigenvalue weighted by atomic mass is 10.1. The Morgan fingerprint density at radius 1 is 0.571 bits per heavy atom. The van der Waals surface area contributed by atoms with E-state index in [0.717, 1.165) is 0 Å². The Bertz CT molecular complexity index is 714. The first-order valence-corrected chi connectivity index (χ1v) is 12.3. The van der Waals surface area contributed by atoms with Crippen molar-refractivity contribution >= 4 is 28.1 Å². The van der Waals surface area contributed by atoms with E-state index in [0.29, 0.717) is 0 Å². The maximum Gasteiger partial charge on any atom is 0.159 e. The summed E-state index contributed by atoms with van der Waals surface area (Å²) in [6.07, 6.45) is 0. The van der Waals surface area contributed by atoms with Crippen LogP contribution in [-0.4, -0.2) is 20.0 Å². The summed E-state index contributed by atoms with van der Waals surface area (Å²) >= 11 is 0. The van der Waals surface area contributed by atoms with Crippen LogP contribution in [0.4, 0.5) is 11.4 Å². The van der Waals surface area contributed by atoms with Crippen LogP contribution in [0.3, 0.4) is 0 Å². The van der Waals surface area contributed by atoms with Crippen LogP contribution in [-0.2, 0) is 0 Å². The highest BCUT2D eigenvalue weighted by atomic mass is 31.3. The molecule has 0 saturated carbocycles. The number of aryl methyl sites for hydroxylation is 2. The summed E-state index contributed by atoms with van der Waals surface area (Å²) in [5.41, 5.74) is 5.07. The first-order chi connectivity index (χ1) is 13.0. The van der Waals surface area contributed by atoms with Crippen molar-refractivity contribution in [3.8, 4) is 0 Å². The van der Waals surface area contributed by atoms with E-state index in [-0.39, 0.29) is 11.1 Å². The minimum Gasteiger partial charge on any atom is -0.339 e. The maximum atomic E-state index is 3.84. The minimum atomic E-state index is -0.645. The van der Waals surface area contributed by atoms with Gasteiger partial charge in [-0.1, -0.05) is 35.4 Å². The van der Waals surface area contributed by atoms with Gasteiger partial charge in [0.2, 0.25) is 0 Å². The van der Waals surface area contributed by atoms with Crippen LogP contribution in [0.5, 0.6) is 0 Å². The summed E-state index contributed by atoms with van der Waals surface area (Å²) in [5, 5.41) is 7.67. The summed E-state index contributed by atoms with van der Waals surface area (Å²) in [5.74, 6) is 0. The molecular weight excluding hydrogens is 382 g/mol. The fraction of sp³-hybridized carbons (Fsp3) is 0.455. The maximum absolute atomic E-state index is 3.84. The van der Waals surface area contributed by atoms with Crippen LogP contribution in [0.15, 0.2) is 48.5 Å². The fourth-order valence-electron chi connectivity index (χ4n) is 3.10. The van der Waals surface area contributed by atoms with Gasteiger partial charge in [-0.2, -0.15) is 8.88 Å². The van der Waals surface area contributed by atoms with Gasteiger partial charge in [-0.25, -0.2) is 0 Å². The van der Waals surface area contributed by atoms with E-state index in [4.69, 9.17) is 0 Å². The number of nitrogens with zero attached hydrogens (tertiary/aromatic N) is 2. The van der Waals surface area contributed by atoms with Gasteiger partial charge >= 0.3 is 0 Å². The molecule has 0 radical (unpaired) electrons. The van der Waals surface area contributed by atoms with Gasteiger partial charge in [-0.05, 0) is 79.7 Å². The topological polar surface area (TPSA) is 30.5 Å². The molecule has 6 heteroatoms. The second-order valence-electron chi connectivity index (χ2n) is 9.46. The molecule has 152 valence electrons. The minimum absolute atomic E-state index is 0.0640. The molecule has 0 unspecified atom stereocenters. The second-order valence-corrected chi connectivity index (χ2v) is 13.3. The van der Waals surface area contributed by atoms with E-state index < -0.39 is 16.7 Å². The van der Waals surface area contributed by atoms with Gasteiger partial charge in [0, 0.05) is 22.5 Å². The molecule has 0 aliphatic carbocycles. The number of rotatable bonds is 4. The van der Waals surface area contributed by atoms with Crippen molar-refractivity contribution in [1.82, 2.24) is 8.88 Å². The Kier molecular flexibility index (Phi) is 6.09. The molecule has 2 aromatic rings. The van der Waals surface area contributed by atoms with Gasteiger partial charge in [0.25, 0.3) is 0 Å². The number of anilines is 2. The van der Waals surface area contributed by atoms with Gasteiger partial charge < -0.3 is 10.2 Å². The molecular formula is C22H34N4P2. The summed E-state index contributed by atoms with van der Waals surface area (Å²) < 4.78 is 5.28. The van der Waals surface area contributed by atoms with Crippen molar-refractivity contribution in [3.05, 3.63) is 59.7 Å². The molecule has 0 spiro atoms. The third-order valence-corrected chi connectivity index (χ3v) is 11.3. The van der Waals surface area contributed by atoms with Crippen molar-refractivity contribution in [2.24, 2.45) is 0 Å². The molecule has 1 heterocycles. The largest absolute Gasteiger partial charge is 0.339 e. The van der Waals surface area contributed by atoms with E-state index in [1.807, 2.05) is 0 Å². The molecule has 2 aromatic carbocycles. The Hall–Kier alpha value is -1.18. The van der Waals surface area contributed by atoms with Crippen LogP contribution in [0.25, 0.3) is 0 Å². The van der Waals surface area contributed by atoms with Gasteiger partial charge in [0.1, 0.15) is 0 Å². The molecule has 1 aliphatic heterocycles. The molecule has 1 aliphatic rings. The van der Waals surface area contributed by atoms with Gasteiger partial charge in [-0.15, -0.1) is 0 Å². The molecule has 0 bridgehead atoms. The van der Waals surface area contributed by atoms with Crippen LogP contribution in [0, 0.1) is 13.8 Å². The van der Waals surface area contributed by atoms with Crippen molar-refractivity contribution < 1.29 is 0 Å². The van der Waals surface area contributed by atoms with E-state index in [1.165, 1.54) is 22.5 Å². The van der Waals surface area contributed by atoms with Gasteiger partial charge in [0.05, 0.1) is 0 Å². The summed E-state index contributed by atoms with van der Waals surface area (Å²) in [6.45, 7) is 18.1. The van der Waals surface area contributed by atoms with Crippen molar-refractivity contribution in [3.63, 3.8) is 0 Å². The average molecular weight is 416 g/mol. The quantitative estimate of drug-likeness (QED) is 0.505. The standard InChI is InChI=1S/C22H34N4P2/c1-17-9-13-19(14-10-17)23-27-25(21(3,4)5)28(26(27)22(6,7)8)24-20-15-11-18(2)12-16-20/h9-16,23-24H,1-8H3. The highest BCUT2D eigenvalue weighted by molar-refractivity contribution is 7.84. The van der Waals surface area contributed by atoms with Crippen molar-refractivity contribution in [2.45, 2.75) is 66.5 Å². The van der Waals surface area contributed by atoms with Gasteiger partial charge in [0.15, 0.2) is 16.7 Å². The van der Waals surface area contributed by atoms with Crippen LogP contribution in [0.1, 0.15) is 52.7 Å². The van der Waals surface area contributed by atoms with Crippen LogP contribution >= 0.6 is 16.7 Å². The first-order valence-electron chi connectivity index (χ1n) is 9.84. The van der Waals surface area contributed by atoms with E-state index in [1.54, 1.807) is 0 Å². The second kappa shape index (κ2) is 7.92. The Morgan fingerprint density at radius 2 is 0.857 bits per heavy atom. The van der Waals surface area contributed by atoms with E-state index in [9.17, 15) is 0 Å². The zero-order valence-corrected chi connectivity index (χ0v) is 20.2. The Balaban J connectivity index is 1.90. The zero-order chi connectivity index (χ0) is 20.7. The molecule has 0 atom stereocenters. The number of benzene rings is 2. The highest BCUT2D eigenvalue weighted by Crippen LogP contribution is 2.79. The van der Waals surface area contributed by atoms with Crippen LogP contribution in [0.2, 0.25) is 0 Å². The molecule has 2 N–H and O–H groups in total. The smallest absolute Gasteiger partial charge is 0.159 e. The normalized spacial score (nSPS) is 21.3. The molecule has 28 heavy (non-hydrogen) atoms. The molecule has 4 nitrogen and oxygen atoms in total. The third-order valence-electron chi connectivity index (χ3n) is 4.48. The SMILES string of the molecule is Cc1ccc(NP2N(C(C)(C)C)P(Nc3ccc(C)cc3)N2C(C)(C)C)cc1. The predicted octanol–water partition coefficient (Wildman–Crippen LogP) is 7.50. The van der Waals surface area contributed by atoms with Gasteiger partial charge in [-0.3, -0.25) is 0 Å². The monoisotopic (exact) mass is 416 g/mol. The number of hydrogen-bond acceptors (Lipinski definition) is 4.